The summed E-state index contributed by atoms with van der Waals surface area (Å²) in [5.74, 6) is -0.545. The average molecular weight is 611 g/mol. The van der Waals surface area contributed by atoms with Crippen molar-refractivity contribution in [2.24, 2.45) is 0 Å². The molecular formula is C23H22N4O6S5. The molecule has 3 aromatic rings. The number of amides is 1. The largest absolute Gasteiger partial charge is 0.322 e. The number of thiophene rings is 2. The van der Waals surface area contributed by atoms with Crippen LogP contribution in [0.25, 0.3) is 0 Å². The van der Waals surface area contributed by atoms with E-state index in [1.807, 2.05) is 0 Å². The molecule has 2 aromatic heterocycles. The molecule has 4 N–H and O–H groups in total. The van der Waals surface area contributed by atoms with Gasteiger partial charge < -0.3 is 10.0 Å². The molecule has 0 saturated heterocycles. The molecule has 38 heavy (non-hydrogen) atoms. The molecule has 1 aliphatic carbocycles. The Hall–Kier alpha value is -3.08. The Bertz CT molecular complexity index is 1640. The van der Waals surface area contributed by atoms with Crippen molar-refractivity contribution in [2.75, 3.05) is 12.4 Å². The number of benzene rings is 1. The third kappa shape index (κ3) is 6.86. The van der Waals surface area contributed by atoms with E-state index in [1.165, 1.54) is 60.9 Å². The van der Waals surface area contributed by atoms with E-state index in [1.54, 1.807) is 35.0 Å². The summed E-state index contributed by atoms with van der Waals surface area (Å²) < 4.78 is 70.6. The van der Waals surface area contributed by atoms with Gasteiger partial charge in [-0.3, -0.25) is 9.52 Å². The van der Waals surface area contributed by atoms with Crippen LogP contribution in [-0.2, 0) is 35.8 Å². The van der Waals surface area contributed by atoms with Gasteiger partial charge in [0.05, 0.1) is 10.6 Å². The fourth-order valence-electron chi connectivity index (χ4n) is 3.22. The van der Waals surface area contributed by atoms with E-state index in [-0.39, 0.29) is 26.8 Å². The molecule has 0 radical (unpaired) electrons. The van der Waals surface area contributed by atoms with Crippen molar-refractivity contribution in [3.05, 3.63) is 94.5 Å². The molecule has 1 atom stereocenters. The average Bonchev–Trinajstić information content (AvgIpc) is 3.59. The van der Waals surface area contributed by atoms with Crippen LogP contribution in [0.4, 0.5) is 5.69 Å². The van der Waals surface area contributed by atoms with Crippen molar-refractivity contribution in [1.82, 2.24) is 14.2 Å². The predicted molar refractivity (Wildman–Crippen MR) is 149 cm³/mol. The maximum Gasteiger partial charge on any atom is 0.271 e. The molecule has 1 unspecified atom stereocenters. The number of carbonyl (C=O) groups is 1. The number of hydrogen-bond donors (Lipinski definition) is 4. The molecular weight excluding hydrogens is 589 g/mol. The molecule has 15 heteroatoms. The molecule has 200 valence electrons. The van der Waals surface area contributed by atoms with E-state index < -0.39 is 36.9 Å². The molecule has 10 nitrogen and oxygen atoms in total. The molecule has 1 aromatic carbocycles. The molecule has 0 saturated carbocycles. The Morgan fingerprint density at radius 3 is 2.26 bits per heavy atom. The molecule has 2 heterocycles. The second kappa shape index (κ2) is 11.8. The zero-order valence-corrected chi connectivity index (χ0v) is 23.8. The predicted octanol–water partition coefficient (Wildman–Crippen LogP) is 3.05. The Kier molecular flexibility index (Phi) is 8.64. The zero-order valence-electron chi connectivity index (χ0n) is 19.7. The van der Waals surface area contributed by atoms with Crippen LogP contribution in [0.3, 0.4) is 0 Å². The van der Waals surface area contributed by atoms with Gasteiger partial charge in [-0.25, -0.2) is 25.8 Å². The first kappa shape index (κ1) is 27.9. The Labute approximate surface area is 230 Å². The van der Waals surface area contributed by atoms with Crippen LogP contribution in [0, 0.1) is 0 Å². The van der Waals surface area contributed by atoms with Gasteiger partial charge in [-0.1, -0.05) is 18.2 Å². The van der Waals surface area contributed by atoms with E-state index in [0.717, 1.165) is 11.3 Å². The lowest BCUT2D eigenvalue weighted by Gasteiger charge is -2.10. The number of nitrogens with one attached hydrogen (secondary N) is 4. The van der Waals surface area contributed by atoms with Crippen molar-refractivity contribution in [3.63, 3.8) is 0 Å². The van der Waals surface area contributed by atoms with Crippen molar-refractivity contribution in [1.29, 1.82) is 0 Å². The van der Waals surface area contributed by atoms with Gasteiger partial charge >= 0.3 is 0 Å². The summed E-state index contributed by atoms with van der Waals surface area (Å²) in [6.07, 6.45) is 4.61. The zero-order chi connectivity index (χ0) is 27.3. The van der Waals surface area contributed by atoms with Crippen LogP contribution in [0.15, 0.2) is 108 Å². The lowest BCUT2D eigenvalue weighted by atomic mass is 10.2. The normalized spacial score (nSPS) is 14.9. The van der Waals surface area contributed by atoms with E-state index in [0.29, 0.717) is 15.6 Å². The summed E-state index contributed by atoms with van der Waals surface area (Å²) in [7, 11) is -7.83. The van der Waals surface area contributed by atoms with Crippen molar-refractivity contribution in [2.45, 2.75) is 19.7 Å². The van der Waals surface area contributed by atoms with E-state index in [2.05, 4.69) is 19.5 Å². The fourth-order valence-corrected chi connectivity index (χ4v) is 7.76. The lowest BCUT2D eigenvalue weighted by molar-refractivity contribution is -0.112. The standard InChI is InChI=1S/C23H22N4O6S5/c1-24-37(30,31)20-10-8-17(9-11-20)25-23(28)16-6-7-18(26-36(29)21-4-2-12-34-21)15-19(14-16)27-38(32,33)22-5-3-13-35-22/h2-6,8-15,24,26-27H,7H2,1H3,(H,25,28). The van der Waals surface area contributed by atoms with Crippen molar-refractivity contribution in [3.8, 4) is 0 Å². The Morgan fingerprint density at radius 2 is 1.63 bits per heavy atom. The highest BCUT2D eigenvalue weighted by Gasteiger charge is 2.20. The number of carbonyl (C=O) groups excluding carboxylic acids is 1. The summed E-state index contributed by atoms with van der Waals surface area (Å²) in [4.78, 5) is 13.1. The van der Waals surface area contributed by atoms with Crippen LogP contribution in [0.5, 0.6) is 0 Å². The summed E-state index contributed by atoms with van der Waals surface area (Å²) in [5, 5.41) is 6.11. The van der Waals surface area contributed by atoms with Crippen LogP contribution in [0.1, 0.15) is 6.42 Å². The summed E-state index contributed by atoms with van der Waals surface area (Å²) in [5.41, 5.74) is 1.02. The first-order valence-corrected chi connectivity index (χ1v) is 16.7. The van der Waals surface area contributed by atoms with Gasteiger partial charge in [-0.15, -0.1) is 22.7 Å². The maximum atomic E-state index is 13.1. The minimum Gasteiger partial charge on any atom is -0.322 e. The topological polar surface area (TPSA) is 151 Å². The van der Waals surface area contributed by atoms with E-state index in [9.17, 15) is 25.8 Å². The third-order valence-corrected chi connectivity index (χ3v) is 11.6. The fraction of sp³-hybridized carbons (Fsp3) is 0.0870. The van der Waals surface area contributed by atoms with E-state index in [4.69, 9.17) is 0 Å². The summed E-state index contributed by atoms with van der Waals surface area (Å²) >= 11 is 2.35. The minimum atomic E-state index is -3.92. The van der Waals surface area contributed by atoms with Crippen LogP contribution < -0.4 is 19.5 Å². The second-order valence-corrected chi connectivity index (χ2v) is 14.8. The van der Waals surface area contributed by atoms with Crippen molar-refractivity contribution >= 4 is 65.3 Å². The minimum absolute atomic E-state index is 0.0375. The smallest absolute Gasteiger partial charge is 0.271 e. The van der Waals surface area contributed by atoms with Gasteiger partial charge in [0.25, 0.3) is 15.9 Å². The number of hydrogen-bond acceptors (Lipinski definition) is 8. The van der Waals surface area contributed by atoms with E-state index >= 15 is 0 Å². The van der Waals surface area contributed by atoms with Gasteiger partial charge in [0.1, 0.15) is 8.42 Å². The van der Waals surface area contributed by atoms with Gasteiger partial charge in [-0.05, 0) is 66.4 Å². The maximum absolute atomic E-state index is 13.1. The van der Waals surface area contributed by atoms with Crippen molar-refractivity contribution < 1.29 is 25.8 Å². The molecule has 1 amide bonds. The third-order valence-electron chi connectivity index (χ3n) is 5.05. The lowest BCUT2D eigenvalue weighted by Crippen LogP contribution is -2.23. The highest BCUT2D eigenvalue weighted by Crippen LogP contribution is 2.22. The quantitative estimate of drug-likeness (QED) is 0.277. The molecule has 1 aliphatic rings. The van der Waals surface area contributed by atoms with Crippen LogP contribution in [0.2, 0.25) is 0 Å². The molecule has 0 bridgehead atoms. The van der Waals surface area contributed by atoms with Gasteiger partial charge in [0.2, 0.25) is 10.0 Å². The Balaban J connectivity index is 1.59. The summed E-state index contributed by atoms with van der Waals surface area (Å²) in [6, 6.07) is 12.1. The molecule has 0 aliphatic heterocycles. The van der Waals surface area contributed by atoms with Crippen LogP contribution >= 0.6 is 22.7 Å². The first-order chi connectivity index (χ1) is 18.1. The highest BCUT2D eigenvalue weighted by atomic mass is 32.2. The van der Waals surface area contributed by atoms with Gasteiger partial charge in [0, 0.05) is 23.4 Å². The highest BCUT2D eigenvalue weighted by molar-refractivity contribution is 7.91. The molecule has 0 spiro atoms. The number of rotatable bonds is 10. The number of anilines is 1. The number of sulfonamides is 2. The number of allylic oxidation sites excluding steroid dienone is 2. The van der Waals surface area contributed by atoms with Gasteiger partial charge in [0.15, 0.2) is 11.0 Å². The van der Waals surface area contributed by atoms with Gasteiger partial charge in [-0.2, -0.15) is 0 Å². The molecule has 0 fully saturated rings. The SMILES string of the molecule is CNS(=O)(=O)c1ccc(NC(=O)C2=CCC(NS(=O)c3cccs3)=CC(NS(=O)(=O)c3cccs3)=C2)cc1. The molecule has 4 rings (SSSR count). The first-order valence-electron chi connectivity index (χ1n) is 10.8. The second-order valence-electron chi connectivity index (χ2n) is 7.66. The monoisotopic (exact) mass is 610 g/mol. The Morgan fingerprint density at radius 1 is 0.921 bits per heavy atom. The summed E-state index contributed by atoms with van der Waals surface area (Å²) in [6.45, 7) is 0. The van der Waals surface area contributed by atoms with Crippen LogP contribution in [-0.4, -0.2) is 34.0 Å².